The average Bonchev–Trinajstić information content (AvgIpc) is 3.07. The van der Waals surface area contributed by atoms with Crippen molar-refractivity contribution in [2.24, 2.45) is 0 Å². The number of aromatic nitrogens is 2. The van der Waals surface area contributed by atoms with Crippen LogP contribution in [0.2, 0.25) is 5.02 Å². The number of fused-ring (bicyclic) bond motifs is 1. The molecule has 5 heteroatoms. The summed E-state index contributed by atoms with van der Waals surface area (Å²) in [4.78, 5) is 2.31. The first-order valence-corrected chi connectivity index (χ1v) is 10.7. The number of unbranched alkanes of at least 4 members (excludes halogenated alkanes) is 6. The van der Waals surface area contributed by atoms with Gasteiger partial charge in [-0.05, 0) is 31.7 Å². The lowest BCUT2D eigenvalue weighted by Crippen LogP contribution is -2.26. The van der Waals surface area contributed by atoms with Crippen LogP contribution < -0.4 is 4.74 Å². The summed E-state index contributed by atoms with van der Waals surface area (Å²) in [6.07, 6.45) is 10.0. The van der Waals surface area contributed by atoms with Gasteiger partial charge in [0.2, 0.25) is 0 Å². The van der Waals surface area contributed by atoms with E-state index in [2.05, 4.69) is 29.1 Å². The van der Waals surface area contributed by atoms with Crippen LogP contribution in [0.15, 0.2) is 18.2 Å². The van der Waals surface area contributed by atoms with Crippen molar-refractivity contribution >= 4 is 11.6 Å². The lowest BCUT2D eigenvalue weighted by Gasteiger charge is -2.22. The summed E-state index contributed by atoms with van der Waals surface area (Å²) in [5, 5.41) is 8.42. The number of halogens is 1. The minimum atomic E-state index is 0.703. The van der Waals surface area contributed by atoms with Crippen LogP contribution in [0, 0.1) is 0 Å². The summed E-state index contributed by atoms with van der Waals surface area (Å²) in [6, 6.07) is 5.97. The van der Waals surface area contributed by atoms with Gasteiger partial charge >= 0.3 is 0 Å². The van der Waals surface area contributed by atoms with E-state index in [4.69, 9.17) is 16.3 Å². The highest BCUT2D eigenvalue weighted by molar-refractivity contribution is 6.33. The van der Waals surface area contributed by atoms with E-state index in [-0.39, 0.29) is 0 Å². The summed E-state index contributed by atoms with van der Waals surface area (Å²) in [6.45, 7) is 4.98. The number of nitrogens with zero attached hydrogens (tertiary/aromatic N) is 2. The van der Waals surface area contributed by atoms with Crippen LogP contribution >= 0.6 is 11.6 Å². The van der Waals surface area contributed by atoms with E-state index in [1.165, 1.54) is 49.8 Å². The number of H-pyrrole nitrogens is 1. The van der Waals surface area contributed by atoms with Crippen molar-refractivity contribution in [1.82, 2.24) is 15.1 Å². The Morgan fingerprint density at radius 2 is 1.93 bits per heavy atom. The molecular weight excluding hydrogens is 358 g/mol. The van der Waals surface area contributed by atoms with Crippen LogP contribution in [0.25, 0.3) is 11.3 Å². The molecule has 1 aromatic carbocycles. The maximum atomic E-state index is 6.56. The fourth-order valence-corrected chi connectivity index (χ4v) is 3.94. The van der Waals surface area contributed by atoms with Crippen LogP contribution in [-0.4, -0.2) is 35.3 Å². The SMILES string of the molecule is CCCCCCCCCOc1ccc(-c2n[nH]c3c2CN(C)CC3)c(Cl)c1. The molecule has 148 valence electrons. The number of aromatic amines is 1. The zero-order valence-electron chi connectivity index (χ0n) is 16.7. The first kappa shape index (κ1) is 20.2. The fraction of sp³-hybridized carbons (Fsp3) is 0.591. The number of benzene rings is 1. The van der Waals surface area contributed by atoms with Gasteiger partial charge < -0.3 is 9.64 Å². The first-order valence-electron chi connectivity index (χ1n) is 10.4. The molecule has 0 aliphatic carbocycles. The highest BCUT2D eigenvalue weighted by Gasteiger charge is 2.22. The molecule has 0 unspecified atom stereocenters. The maximum Gasteiger partial charge on any atom is 0.120 e. The van der Waals surface area contributed by atoms with Gasteiger partial charge in [0.15, 0.2) is 0 Å². The van der Waals surface area contributed by atoms with Crippen molar-refractivity contribution in [1.29, 1.82) is 0 Å². The third-order valence-corrected chi connectivity index (χ3v) is 5.65. The average molecular weight is 390 g/mol. The topological polar surface area (TPSA) is 41.1 Å². The molecule has 0 saturated heterocycles. The van der Waals surface area contributed by atoms with Crippen LogP contribution in [0.4, 0.5) is 0 Å². The third-order valence-electron chi connectivity index (χ3n) is 5.34. The molecule has 27 heavy (non-hydrogen) atoms. The van der Waals surface area contributed by atoms with E-state index in [0.29, 0.717) is 5.02 Å². The van der Waals surface area contributed by atoms with Gasteiger partial charge in [0.05, 0.1) is 17.3 Å². The van der Waals surface area contributed by atoms with Crippen LogP contribution in [0.3, 0.4) is 0 Å². The third kappa shape index (κ3) is 5.49. The van der Waals surface area contributed by atoms with E-state index >= 15 is 0 Å². The molecule has 2 heterocycles. The second-order valence-corrected chi connectivity index (χ2v) is 8.04. The second-order valence-electron chi connectivity index (χ2n) is 7.63. The monoisotopic (exact) mass is 389 g/mol. The Balaban J connectivity index is 1.52. The molecule has 0 fully saturated rings. The Morgan fingerprint density at radius 1 is 1.15 bits per heavy atom. The molecule has 2 aromatic rings. The Morgan fingerprint density at radius 3 is 2.70 bits per heavy atom. The maximum absolute atomic E-state index is 6.56. The summed E-state index contributed by atoms with van der Waals surface area (Å²) in [5.41, 5.74) is 4.45. The standard InChI is InChI=1S/C22H32ClN3O/c1-3-4-5-6-7-8-9-14-27-17-10-11-18(20(23)15-17)22-19-16-26(2)13-12-21(19)24-25-22/h10-11,15H,3-9,12-14,16H2,1-2H3,(H,24,25). The summed E-state index contributed by atoms with van der Waals surface area (Å²) < 4.78 is 5.90. The lowest BCUT2D eigenvalue weighted by molar-refractivity contribution is 0.304. The van der Waals surface area contributed by atoms with Gasteiger partial charge in [-0.3, -0.25) is 5.10 Å². The molecule has 0 saturated carbocycles. The number of hydrogen-bond acceptors (Lipinski definition) is 3. The van der Waals surface area contributed by atoms with Gasteiger partial charge in [-0.2, -0.15) is 5.10 Å². The number of rotatable bonds is 10. The quantitative estimate of drug-likeness (QED) is 0.518. The van der Waals surface area contributed by atoms with Crippen LogP contribution in [0.5, 0.6) is 5.75 Å². The highest BCUT2D eigenvalue weighted by Crippen LogP contribution is 2.34. The smallest absolute Gasteiger partial charge is 0.120 e. The molecule has 1 aromatic heterocycles. The van der Waals surface area contributed by atoms with Crippen molar-refractivity contribution in [2.75, 3.05) is 20.2 Å². The predicted molar refractivity (Wildman–Crippen MR) is 113 cm³/mol. The zero-order valence-corrected chi connectivity index (χ0v) is 17.4. The lowest BCUT2D eigenvalue weighted by atomic mass is 10.0. The molecule has 0 atom stereocenters. The predicted octanol–water partition coefficient (Wildman–Crippen LogP) is 5.85. The van der Waals surface area contributed by atoms with Crippen molar-refractivity contribution in [3.63, 3.8) is 0 Å². The Hall–Kier alpha value is -1.52. The van der Waals surface area contributed by atoms with Gasteiger partial charge in [0.1, 0.15) is 5.75 Å². The van der Waals surface area contributed by atoms with Gasteiger partial charge in [0.25, 0.3) is 0 Å². The largest absolute Gasteiger partial charge is 0.494 e. The van der Waals surface area contributed by atoms with E-state index in [1.807, 2.05) is 18.2 Å². The number of hydrogen-bond donors (Lipinski definition) is 1. The molecular formula is C22H32ClN3O. The summed E-state index contributed by atoms with van der Waals surface area (Å²) in [7, 11) is 2.14. The Bertz CT molecular complexity index is 728. The molecule has 3 rings (SSSR count). The van der Waals surface area contributed by atoms with Gasteiger partial charge in [-0.15, -0.1) is 0 Å². The molecule has 0 radical (unpaired) electrons. The summed E-state index contributed by atoms with van der Waals surface area (Å²) >= 11 is 6.56. The Kier molecular flexibility index (Phi) is 7.59. The van der Waals surface area contributed by atoms with Crippen LogP contribution in [0.1, 0.15) is 63.1 Å². The normalized spacial score (nSPS) is 14.3. The minimum absolute atomic E-state index is 0.703. The summed E-state index contributed by atoms with van der Waals surface area (Å²) in [5.74, 6) is 0.844. The van der Waals surface area contributed by atoms with Crippen LogP contribution in [-0.2, 0) is 13.0 Å². The fourth-order valence-electron chi connectivity index (χ4n) is 3.68. The number of nitrogens with one attached hydrogen (secondary N) is 1. The zero-order chi connectivity index (χ0) is 19.1. The molecule has 1 N–H and O–H groups in total. The van der Waals surface area contributed by atoms with Crippen molar-refractivity contribution < 1.29 is 4.74 Å². The van der Waals surface area contributed by atoms with E-state index in [1.54, 1.807) is 0 Å². The molecule has 4 nitrogen and oxygen atoms in total. The van der Waals surface area contributed by atoms with Gasteiger partial charge in [0, 0.05) is 36.3 Å². The number of likely N-dealkylation sites (N-methyl/N-ethyl adjacent to an activating group) is 1. The molecule has 0 spiro atoms. The van der Waals surface area contributed by atoms with Gasteiger partial charge in [-0.25, -0.2) is 0 Å². The van der Waals surface area contributed by atoms with Gasteiger partial charge in [-0.1, -0.05) is 57.0 Å². The first-order chi connectivity index (χ1) is 13.2. The van der Waals surface area contributed by atoms with E-state index in [9.17, 15) is 0 Å². The molecule has 0 bridgehead atoms. The van der Waals surface area contributed by atoms with Crippen molar-refractivity contribution in [2.45, 2.75) is 64.8 Å². The van der Waals surface area contributed by atoms with E-state index < -0.39 is 0 Å². The number of ether oxygens (including phenoxy) is 1. The Labute approximate surface area is 168 Å². The van der Waals surface area contributed by atoms with E-state index in [0.717, 1.165) is 49.5 Å². The van der Waals surface area contributed by atoms with Crippen molar-refractivity contribution in [3.05, 3.63) is 34.5 Å². The minimum Gasteiger partial charge on any atom is -0.494 e. The van der Waals surface area contributed by atoms with Crippen molar-refractivity contribution in [3.8, 4) is 17.0 Å². The second kappa shape index (κ2) is 10.1. The molecule has 1 aliphatic heterocycles. The molecule has 1 aliphatic rings. The molecule has 0 amide bonds. The highest BCUT2D eigenvalue weighted by atomic mass is 35.5.